The number of aliphatic hydroxyl groups is 1. The van der Waals surface area contributed by atoms with E-state index in [-0.39, 0.29) is 24.7 Å². The monoisotopic (exact) mass is 322 g/mol. The molecule has 4 rings (SSSR count). The number of carbonyl (C=O) groups is 1. The number of rotatable bonds is 5. The van der Waals surface area contributed by atoms with Gasteiger partial charge in [0.15, 0.2) is 0 Å². The van der Waals surface area contributed by atoms with E-state index in [0.29, 0.717) is 18.3 Å². The molecule has 2 aliphatic rings. The highest BCUT2D eigenvalue weighted by Gasteiger charge is 2.56. The van der Waals surface area contributed by atoms with Crippen molar-refractivity contribution in [1.29, 1.82) is 0 Å². The molecule has 0 heterocycles. The van der Waals surface area contributed by atoms with Crippen molar-refractivity contribution in [2.75, 3.05) is 6.61 Å². The van der Waals surface area contributed by atoms with Crippen molar-refractivity contribution >= 4 is 6.03 Å². The van der Waals surface area contributed by atoms with Crippen LogP contribution < -0.4 is 10.6 Å². The van der Waals surface area contributed by atoms with Crippen LogP contribution in [-0.4, -0.2) is 29.8 Å². The second kappa shape index (κ2) is 6.29. The zero-order chi connectivity index (χ0) is 16.5. The fourth-order valence-corrected chi connectivity index (χ4v) is 3.99. The number of aliphatic hydroxyl groups excluding tert-OH is 1. The molecule has 124 valence electrons. The predicted molar refractivity (Wildman–Crippen MR) is 92.9 cm³/mol. The largest absolute Gasteiger partial charge is 0.394 e. The summed E-state index contributed by atoms with van der Waals surface area (Å²) in [4.78, 5) is 12.3. The summed E-state index contributed by atoms with van der Waals surface area (Å²) in [6, 6.07) is 18.2. The Labute approximate surface area is 141 Å². The number of benzene rings is 2. The minimum Gasteiger partial charge on any atom is -0.394 e. The molecule has 2 amide bonds. The summed E-state index contributed by atoms with van der Waals surface area (Å²) in [6.45, 7) is -0.0668. The Kier molecular flexibility index (Phi) is 3.98. The highest BCUT2D eigenvalue weighted by molar-refractivity contribution is 5.75. The molecule has 4 atom stereocenters. The third kappa shape index (κ3) is 2.89. The van der Waals surface area contributed by atoms with E-state index in [1.165, 1.54) is 11.1 Å². The maximum absolute atomic E-state index is 12.3. The van der Waals surface area contributed by atoms with Crippen LogP contribution in [0.4, 0.5) is 4.79 Å². The fourth-order valence-electron chi connectivity index (χ4n) is 3.99. The Morgan fingerprint density at radius 3 is 2.67 bits per heavy atom. The van der Waals surface area contributed by atoms with Gasteiger partial charge in [-0.2, -0.15) is 0 Å². The Hall–Kier alpha value is -2.33. The van der Waals surface area contributed by atoms with E-state index in [0.717, 1.165) is 12.0 Å². The Morgan fingerprint density at radius 1 is 1.12 bits per heavy atom. The van der Waals surface area contributed by atoms with Crippen LogP contribution in [0, 0.1) is 5.92 Å². The molecule has 0 unspecified atom stereocenters. The van der Waals surface area contributed by atoms with Crippen molar-refractivity contribution in [3.63, 3.8) is 0 Å². The highest BCUT2D eigenvalue weighted by Crippen LogP contribution is 2.56. The van der Waals surface area contributed by atoms with Crippen LogP contribution in [-0.2, 0) is 12.8 Å². The third-order valence-electron chi connectivity index (χ3n) is 5.22. The average molecular weight is 322 g/mol. The summed E-state index contributed by atoms with van der Waals surface area (Å²) in [5, 5.41) is 15.5. The second-order valence-electron chi connectivity index (χ2n) is 6.81. The van der Waals surface area contributed by atoms with Crippen LogP contribution in [0.5, 0.6) is 0 Å². The molecule has 0 aliphatic heterocycles. The first-order valence-corrected chi connectivity index (χ1v) is 8.56. The number of carbonyl (C=O) groups excluding carboxylic acids is 1. The molecule has 24 heavy (non-hydrogen) atoms. The van der Waals surface area contributed by atoms with Gasteiger partial charge in [-0.05, 0) is 35.4 Å². The molecule has 4 heteroatoms. The maximum Gasteiger partial charge on any atom is 0.315 e. The molecule has 0 aromatic heterocycles. The van der Waals surface area contributed by atoms with Crippen molar-refractivity contribution in [2.45, 2.75) is 30.8 Å². The van der Waals surface area contributed by atoms with Gasteiger partial charge in [0.1, 0.15) is 0 Å². The first-order valence-electron chi connectivity index (χ1n) is 8.56. The number of urea groups is 1. The normalized spacial score (nSPS) is 24.6. The summed E-state index contributed by atoms with van der Waals surface area (Å²) in [5.74, 6) is 1.00. The van der Waals surface area contributed by atoms with Gasteiger partial charge in [-0.25, -0.2) is 4.79 Å². The van der Waals surface area contributed by atoms with Crippen LogP contribution in [0.15, 0.2) is 54.6 Å². The summed E-state index contributed by atoms with van der Waals surface area (Å²) in [7, 11) is 0. The highest BCUT2D eigenvalue weighted by atomic mass is 16.3. The Morgan fingerprint density at radius 2 is 1.88 bits per heavy atom. The molecule has 3 N–H and O–H groups in total. The number of hydrogen-bond donors (Lipinski definition) is 3. The van der Waals surface area contributed by atoms with Gasteiger partial charge in [-0.1, -0.05) is 54.6 Å². The minimum absolute atomic E-state index is 0.0668. The maximum atomic E-state index is 12.3. The second-order valence-corrected chi connectivity index (χ2v) is 6.81. The topological polar surface area (TPSA) is 61.4 Å². The molecule has 2 aromatic carbocycles. The Balaban J connectivity index is 1.31. The first-order chi connectivity index (χ1) is 11.8. The lowest BCUT2D eigenvalue weighted by Gasteiger charge is -2.18. The van der Waals surface area contributed by atoms with Crippen LogP contribution in [0.2, 0.25) is 0 Å². The molecule has 0 spiro atoms. The van der Waals surface area contributed by atoms with Gasteiger partial charge in [0.05, 0.1) is 12.6 Å². The van der Waals surface area contributed by atoms with Crippen LogP contribution >= 0.6 is 0 Å². The lowest BCUT2D eigenvalue weighted by Crippen LogP contribution is -2.46. The molecule has 0 radical (unpaired) electrons. The van der Waals surface area contributed by atoms with E-state index < -0.39 is 0 Å². The number of nitrogens with one attached hydrogen (secondary N) is 2. The lowest BCUT2D eigenvalue weighted by molar-refractivity contribution is 0.215. The number of fused-ring (bicyclic) bond motifs is 3. The van der Waals surface area contributed by atoms with Crippen molar-refractivity contribution in [2.24, 2.45) is 5.92 Å². The average Bonchev–Trinajstić information content (AvgIpc) is 3.11. The van der Waals surface area contributed by atoms with E-state index in [1.807, 2.05) is 30.3 Å². The van der Waals surface area contributed by atoms with Crippen LogP contribution in [0.3, 0.4) is 0 Å². The molecule has 2 aromatic rings. The first kappa shape index (κ1) is 15.2. The molecular formula is C20H22N2O2. The van der Waals surface area contributed by atoms with Crippen molar-refractivity contribution in [1.82, 2.24) is 10.6 Å². The molecule has 4 nitrogen and oxygen atoms in total. The molecule has 2 aliphatic carbocycles. The number of hydrogen-bond acceptors (Lipinski definition) is 2. The third-order valence-corrected chi connectivity index (χ3v) is 5.22. The minimum atomic E-state index is -0.265. The summed E-state index contributed by atoms with van der Waals surface area (Å²) < 4.78 is 0. The van der Waals surface area contributed by atoms with E-state index in [2.05, 4.69) is 34.9 Å². The molecule has 0 saturated heterocycles. The van der Waals surface area contributed by atoms with Gasteiger partial charge in [0.2, 0.25) is 0 Å². The van der Waals surface area contributed by atoms with Crippen LogP contribution in [0.25, 0.3) is 0 Å². The summed E-state index contributed by atoms with van der Waals surface area (Å²) >= 11 is 0. The molecule has 0 bridgehead atoms. The molecule has 1 fully saturated rings. The van der Waals surface area contributed by atoms with E-state index in [4.69, 9.17) is 0 Å². The lowest BCUT2D eigenvalue weighted by atomic mass is 10.1. The van der Waals surface area contributed by atoms with Crippen molar-refractivity contribution in [3.8, 4) is 0 Å². The van der Waals surface area contributed by atoms with Gasteiger partial charge in [0.25, 0.3) is 0 Å². The Bertz CT molecular complexity index is 725. The summed E-state index contributed by atoms with van der Waals surface area (Å²) in [5.41, 5.74) is 3.91. The standard InChI is InChI=1S/C20H22N2O2/c23-12-15(10-13-6-2-1-3-7-13)21-20(24)22-19-17-11-14-8-4-5-9-16(14)18(17)19/h1-9,15,17-19,23H,10-12H2,(H2,21,22,24)/t15-,17-,18+,19+/m0/s1. The molecular weight excluding hydrogens is 300 g/mol. The van der Waals surface area contributed by atoms with Gasteiger partial charge in [-0.3, -0.25) is 0 Å². The quantitative estimate of drug-likeness (QED) is 0.790. The smallest absolute Gasteiger partial charge is 0.315 e. The summed E-state index contributed by atoms with van der Waals surface area (Å²) in [6.07, 6.45) is 1.68. The molecule has 1 saturated carbocycles. The SMILES string of the molecule is O=C(N[C@H](CO)Cc1ccccc1)N[C@@H]1[C@H]2Cc3ccccc3[C@H]21. The van der Waals surface area contributed by atoms with E-state index >= 15 is 0 Å². The van der Waals surface area contributed by atoms with Gasteiger partial charge in [-0.15, -0.1) is 0 Å². The van der Waals surface area contributed by atoms with Gasteiger partial charge in [0, 0.05) is 12.0 Å². The van der Waals surface area contributed by atoms with E-state index in [1.54, 1.807) is 0 Å². The zero-order valence-electron chi connectivity index (χ0n) is 13.5. The van der Waals surface area contributed by atoms with Gasteiger partial charge < -0.3 is 15.7 Å². The number of amides is 2. The van der Waals surface area contributed by atoms with Gasteiger partial charge >= 0.3 is 6.03 Å². The van der Waals surface area contributed by atoms with Crippen LogP contribution in [0.1, 0.15) is 22.6 Å². The predicted octanol–water partition coefficient (Wildman–Crippen LogP) is 2.23. The van der Waals surface area contributed by atoms with Crippen molar-refractivity contribution in [3.05, 3.63) is 71.3 Å². The van der Waals surface area contributed by atoms with E-state index in [9.17, 15) is 9.90 Å². The van der Waals surface area contributed by atoms with Crippen molar-refractivity contribution < 1.29 is 9.90 Å². The fraction of sp³-hybridized carbons (Fsp3) is 0.350. The zero-order valence-corrected chi connectivity index (χ0v) is 13.5.